The Morgan fingerprint density at radius 1 is 1.60 bits per heavy atom. The molecule has 0 fully saturated rings. The van der Waals surface area contributed by atoms with Gasteiger partial charge in [-0.1, -0.05) is 0 Å². The van der Waals surface area contributed by atoms with E-state index >= 15 is 0 Å². The number of hydrogen-bond acceptors (Lipinski definition) is 3. The fourth-order valence-electron chi connectivity index (χ4n) is 1.11. The number of aromatic nitrogens is 1. The zero-order valence-corrected chi connectivity index (χ0v) is 9.42. The summed E-state index contributed by atoms with van der Waals surface area (Å²) >= 11 is 5.55. The van der Waals surface area contributed by atoms with Gasteiger partial charge in [-0.3, -0.25) is 0 Å². The van der Waals surface area contributed by atoms with Crippen LogP contribution in [0.3, 0.4) is 0 Å². The first kappa shape index (κ1) is 12.2. The molecule has 1 heterocycles. The van der Waals surface area contributed by atoms with Gasteiger partial charge < -0.3 is 9.47 Å². The summed E-state index contributed by atoms with van der Waals surface area (Å²) in [5.41, 5.74) is 0.381. The van der Waals surface area contributed by atoms with E-state index in [4.69, 9.17) is 21.1 Å². The summed E-state index contributed by atoms with van der Waals surface area (Å²) in [6, 6.07) is 1.52. The topological polar surface area (TPSA) is 31.4 Å². The highest BCUT2D eigenvalue weighted by Crippen LogP contribution is 2.19. The summed E-state index contributed by atoms with van der Waals surface area (Å²) in [5, 5.41) is 0. The summed E-state index contributed by atoms with van der Waals surface area (Å²) in [6.45, 7) is 2.16. The predicted molar refractivity (Wildman–Crippen MR) is 55.7 cm³/mol. The monoisotopic (exact) mass is 233 g/mol. The fourth-order valence-corrected chi connectivity index (χ4v) is 1.31. The summed E-state index contributed by atoms with van der Waals surface area (Å²) in [6.07, 6.45) is 1.22. The van der Waals surface area contributed by atoms with Crippen LogP contribution < -0.4 is 4.74 Å². The number of rotatable bonds is 5. The van der Waals surface area contributed by atoms with E-state index in [1.54, 1.807) is 14.0 Å². The van der Waals surface area contributed by atoms with Crippen LogP contribution in [0, 0.1) is 5.82 Å². The van der Waals surface area contributed by atoms with E-state index < -0.39 is 5.82 Å². The van der Waals surface area contributed by atoms with E-state index in [1.165, 1.54) is 12.3 Å². The first-order chi connectivity index (χ1) is 7.19. The highest BCUT2D eigenvalue weighted by molar-refractivity contribution is 6.17. The second-order valence-electron chi connectivity index (χ2n) is 3.11. The molecule has 1 unspecified atom stereocenters. The highest BCUT2D eigenvalue weighted by Gasteiger charge is 2.12. The maximum Gasteiger partial charge on any atom is 0.251 e. The van der Waals surface area contributed by atoms with Crippen molar-refractivity contribution in [2.75, 3.05) is 13.7 Å². The maximum absolute atomic E-state index is 13.6. The molecule has 0 radical (unpaired) electrons. The molecule has 0 aromatic carbocycles. The van der Waals surface area contributed by atoms with Crippen LogP contribution in [-0.4, -0.2) is 24.8 Å². The van der Waals surface area contributed by atoms with Gasteiger partial charge in [-0.05, 0) is 13.0 Å². The van der Waals surface area contributed by atoms with Gasteiger partial charge in [-0.2, -0.15) is 0 Å². The molecule has 0 bridgehead atoms. The molecule has 84 valence electrons. The van der Waals surface area contributed by atoms with Crippen molar-refractivity contribution < 1.29 is 13.9 Å². The minimum atomic E-state index is -0.504. The summed E-state index contributed by atoms with van der Waals surface area (Å²) < 4.78 is 23.7. The Hall–Kier alpha value is -0.870. The molecule has 0 amide bonds. The number of alkyl halides is 1. The van der Waals surface area contributed by atoms with Crippen molar-refractivity contribution in [3.05, 3.63) is 23.6 Å². The molecule has 0 spiro atoms. The Balaban J connectivity index is 2.76. The van der Waals surface area contributed by atoms with E-state index in [9.17, 15) is 4.39 Å². The first-order valence-corrected chi connectivity index (χ1v) is 5.07. The molecule has 1 aromatic rings. The van der Waals surface area contributed by atoms with Gasteiger partial charge in [0.25, 0.3) is 5.88 Å². The Labute approximate surface area is 93.2 Å². The van der Waals surface area contributed by atoms with Gasteiger partial charge in [0.15, 0.2) is 5.82 Å². The summed E-state index contributed by atoms with van der Waals surface area (Å²) in [4.78, 5) is 3.80. The number of hydrogen-bond donors (Lipinski definition) is 0. The van der Waals surface area contributed by atoms with Gasteiger partial charge in [0, 0.05) is 18.9 Å². The van der Waals surface area contributed by atoms with Crippen molar-refractivity contribution in [1.82, 2.24) is 4.98 Å². The van der Waals surface area contributed by atoms with Crippen molar-refractivity contribution in [3.8, 4) is 5.88 Å². The zero-order valence-electron chi connectivity index (χ0n) is 8.67. The molecular formula is C10H13ClFNO2. The molecule has 0 N–H and O–H groups in total. The van der Waals surface area contributed by atoms with Gasteiger partial charge in [-0.15, -0.1) is 11.6 Å². The molecule has 5 heteroatoms. The molecular weight excluding hydrogens is 221 g/mol. The van der Waals surface area contributed by atoms with E-state index in [0.29, 0.717) is 12.2 Å². The molecule has 15 heavy (non-hydrogen) atoms. The number of halogens is 2. The zero-order chi connectivity index (χ0) is 11.3. The van der Waals surface area contributed by atoms with Crippen LogP contribution in [0.25, 0.3) is 0 Å². The molecule has 1 atom stereocenters. The lowest BCUT2D eigenvalue weighted by Crippen LogP contribution is -2.19. The number of ether oxygens (including phenoxy) is 2. The molecule has 1 aromatic heterocycles. The lowest BCUT2D eigenvalue weighted by atomic mass is 10.3. The second-order valence-corrected chi connectivity index (χ2v) is 3.37. The standard InChI is InChI=1S/C10H13ClFNO2/c1-7(6-14-2)15-10-9(12)8(5-11)3-4-13-10/h3-4,7H,5-6H2,1-2H3. The number of pyridine rings is 1. The Kier molecular flexibility index (Phi) is 4.78. The summed E-state index contributed by atoms with van der Waals surface area (Å²) in [7, 11) is 1.55. The van der Waals surface area contributed by atoms with Crippen molar-refractivity contribution in [2.24, 2.45) is 0 Å². The average Bonchev–Trinajstić information content (AvgIpc) is 2.21. The maximum atomic E-state index is 13.6. The quantitative estimate of drug-likeness (QED) is 0.732. The average molecular weight is 234 g/mol. The van der Waals surface area contributed by atoms with Crippen LogP contribution in [0.1, 0.15) is 12.5 Å². The normalized spacial score (nSPS) is 12.5. The van der Waals surface area contributed by atoms with Gasteiger partial charge in [0.05, 0.1) is 12.5 Å². The Bertz CT molecular complexity index is 322. The highest BCUT2D eigenvalue weighted by atomic mass is 35.5. The molecule has 0 aliphatic heterocycles. The van der Waals surface area contributed by atoms with E-state index in [0.717, 1.165) is 0 Å². The lowest BCUT2D eigenvalue weighted by molar-refractivity contribution is 0.0857. The SMILES string of the molecule is COCC(C)Oc1nccc(CCl)c1F. The molecule has 0 saturated carbocycles. The molecule has 3 nitrogen and oxygen atoms in total. The fraction of sp³-hybridized carbons (Fsp3) is 0.500. The van der Waals surface area contributed by atoms with Crippen LogP contribution in [0.5, 0.6) is 5.88 Å². The van der Waals surface area contributed by atoms with Crippen LogP contribution in [0.4, 0.5) is 4.39 Å². The largest absolute Gasteiger partial charge is 0.470 e. The van der Waals surface area contributed by atoms with Crippen molar-refractivity contribution in [2.45, 2.75) is 18.9 Å². The van der Waals surface area contributed by atoms with Gasteiger partial charge >= 0.3 is 0 Å². The van der Waals surface area contributed by atoms with Gasteiger partial charge in [-0.25, -0.2) is 9.37 Å². The van der Waals surface area contributed by atoms with Crippen molar-refractivity contribution >= 4 is 11.6 Å². The molecule has 0 aliphatic carbocycles. The summed E-state index contributed by atoms with van der Waals surface area (Å²) in [5.74, 6) is -0.434. The van der Waals surface area contributed by atoms with Crippen molar-refractivity contribution in [3.63, 3.8) is 0 Å². The van der Waals surface area contributed by atoms with Crippen LogP contribution in [0.2, 0.25) is 0 Å². The minimum absolute atomic E-state index is 0.0299. The molecule has 0 saturated heterocycles. The molecule has 1 rings (SSSR count). The molecule has 0 aliphatic rings. The van der Waals surface area contributed by atoms with E-state index in [-0.39, 0.29) is 17.9 Å². The smallest absolute Gasteiger partial charge is 0.251 e. The van der Waals surface area contributed by atoms with Crippen LogP contribution in [0.15, 0.2) is 12.3 Å². The first-order valence-electron chi connectivity index (χ1n) is 4.54. The third-order valence-electron chi connectivity index (χ3n) is 1.80. The Morgan fingerprint density at radius 3 is 2.93 bits per heavy atom. The number of nitrogens with zero attached hydrogens (tertiary/aromatic N) is 1. The van der Waals surface area contributed by atoms with E-state index in [2.05, 4.69) is 4.98 Å². The van der Waals surface area contributed by atoms with Crippen molar-refractivity contribution in [1.29, 1.82) is 0 Å². The third-order valence-corrected chi connectivity index (χ3v) is 2.08. The number of methoxy groups -OCH3 is 1. The van der Waals surface area contributed by atoms with Crippen LogP contribution in [-0.2, 0) is 10.6 Å². The minimum Gasteiger partial charge on any atom is -0.470 e. The Morgan fingerprint density at radius 2 is 2.33 bits per heavy atom. The van der Waals surface area contributed by atoms with E-state index in [1.807, 2.05) is 0 Å². The second kappa shape index (κ2) is 5.88. The van der Waals surface area contributed by atoms with Gasteiger partial charge in [0.2, 0.25) is 0 Å². The predicted octanol–water partition coefficient (Wildman–Crippen LogP) is 2.37. The third kappa shape index (κ3) is 3.32. The lowest BCUT2D eigenvalue weighted by Gasteiger charge is -2.13. The van der Waals surface area contributed by atoms with Crippen LogP contribution >= 0.6 is 11.6 Å². The van der Waals surface area contributed by atoms with Gasteiger partial charge in [0.1, 0.15) is 6.10 Å².